The van der Waals surface area contributed by atoms with Crippen LogP contribution in [0.15, 0.2) is 24.3 Å². The lowest BCUT2D eigenvalue weighted by molar-refractivity contribution is -0.140. The standard InChI is InChI=1S/C18H24ClNO2/c19-15-8-6-7-14(13-15)16(17(21)20-11-4-5-12-20)18(22)9-2-1-3-10-18/h6-8,13,16,22H,1-5,9-12H2. The number of likely N-dealkylation sites (tertiary alicyclic amines) is 1. The van der Waals surface area contributed by atoms with E-state index in [1.807, 2.05) is 29.2 Å². The number of benzene rings is 1. The molecule has 1 aromatic carbocycles. The lowest BCUT2D eigenvalue weighted by atomic mass is 9.72. The Morgan fingerprint density at radius 2 is 1.82 bits per heavy atom. The van der Waals surface area contributed by atoms with Gasteiger partial charge in [-0.3, -0.25) is 4.79 Å². The highest BCUT2D eigenvalue weighted by molar-refractivity contribution is 6.30. The van der Waals surface area contributed by atoms with E-state index in [4.69, 9.17) is 11.6 Å². The fourth-order valence-electron chi connectivity index (χ4n) is 3.94. The van der Waals surface area contributed by atoms with Crippen LogP contribution in [0.3, 0.4) is 0 Å². The van der Waals surface area contributed by atoms with Gasteiger partial charge in [0.05, 0.1) is 11.5 Å². The zero-order valence-corrected chi connectivity index (χ0v) is 13.7. The van der Waals surface area contributed by atoms with E-state index in [0.717, 1.165) is 50.8 Å². The second-order valence-electron chi connectivity index (χ2n) is 6.68. The van der Waals surface area contributed by atoms with E-state index in [2.05, 4.69) is 0 Å². The van der Waals surface area contributed by atoms with E-state index < -0.39 is 11.5 Å². The van der Waals surface area contributed by atoms with Crippen molar-refractivity contribution in [3.63, 3.8) is 0 Å². The van der Waals surface area contributed by atoms with Gasteiger partial charge in [-0.2, -0.15) is 0 Å². The predicted molar refractivity (Wildman–Crippen MR) is 88.0 cm³/mol. The van der Waals surface area contributed by atoms with Crippen LogP contribution < -0.4 is 0 Å². The minimum Gasteiger partial charge on any atom is -0.389 e. The summed E-state index contributed by atoms with van der Waals surface area (Å²) in [5.74, 6) is -0.409. The van der Waals surface area contributed by atoms with Crippen molar-refractivity contribution in [3.05, 3.63) is 34.9 Å². The van der Waals surface area contributed by atoms with Crippen LogP contribution in [-0.4, -0.2) is 34.6 Å². The molecule has 0 aromatic heterocycles. The molecule has 2 fully saturated rings. The van der Waals surface area contributed by atoms with E-state index in [-0.39, 0.29) is 5.91 Å². The molecule has 1 unspecified atom stereocenters. The van der Waals surface area contributed by atoms with Gasteiger partial charge in [-0.15, -0.1) is 0 Å². The topological polar surface area (TPSA) is 40.5 Å². The minimum absolute atomic E-state index is 0.0733. The van der Waals surface area contributed by atoms with Crippen molar-refractivity contribution < 1.29 is 9.90 Å². The van der Waals surface area contributed by atoms with Crippen molar-refractivity contribution >= 4 is 17.5 Å². The summed E-state index contributed by atoms with van der Waals surface area (Å²) in [7, 11) is 0. The van der Waals surface area contributed by atoms with Crippen LogP contribution in [0, 0.1) is 0 Å². The van der Waals surface area contributed by atoms with Crippen LogP contribution in [0.25, 0.3) is 0 Å². The molecule has 4 heteroatoms. The molecular weight excluding hydrogens is 298 g/mol. The number of carbonyl (C=O) groups excluding carboxylic acids is 1. The van der Waals surface area contributed by atoms with Crippen LogP contribution in [-0.2, 0) is 4.79 Å². The predicted octanol–water partition coefficient (Wildman–Crippen LogP) is 3.74. The molecule has 1 N–H and O–H groups in total. The molecule has 3 rings (SSSR count). The first-order chi connectivity index (χ1) is 10.6. The summed E-state index contributed by atoms with van der Waals surface area (Å²) in [6.45, 7) is 1.62. The SMILES string of the molecule is O=C(C(c1cccc(Cl)c1)C1(O)CCCCC1)N1CCCC1. The Bertz CT molecular complexity index is 534. The third kappa shape index (κ3) is 3.16. The molecule has 3 nitrogen and oxygen atoms in total. The van der Waals surface area contributed by atoms with Crippen LogP contribution in [0.4, 0.5) is 0 Å². The van der Waals surface area contributed by atoms with E-state index in [1.54, 1.807) is 0 Å². The second kappa shape index (κ2) is 6.59. The molecule has 1 amide bonds. The van der Waals surface area contributed by atoms with Crippen LogP contribution in [0.5, 0.6) is 0 Å². The minimum atomic E-state index is -0.928. The number of hydrogen-bond donors (Lipinski definition) is 1. The molecule has 0 bridgehead atoms. The van der Waals surface area contributed by atoms with Gasteiger partial charge in [0.15, 0.2) is 0 Å². The maximum Gasteiger partial charge on any atom is 0.233 e. The molecular formula is C18H24ClNO2. The number of amides is 1. The molecule has 1 heterocycles. The Balaban J connectivity index is 1.95. The number of hydrogen-bond acceptors (Lipinski definition) is 2. The lowest BCUT2D eigenvalue weighted by Crippen LogP contribution is -2.47. The summed E-state index contributed by atoms with van der Waals surface area (Å²) in [4.78, 5) is 15.0. The first-order valence-electron chi connectivity index (χ1n) is 8.37. The number of halogens is 1. The lowest BCUT2D eigenvalue weighted by Gasteiger charge is -2.40. The van der Waals surface area contributed by atoms with Gasteiger partial charge in [-0.05, 0) is 43.4 Å². The summed E-state index contributed by atoms with van der Waals surface area (Å²) in [6.07, 6.45) is 6.64. The monoisotopic (exact) mass is 321 g/mol. The highest BCUT2D eigenvalue weighted by atomic mass is 35.5. The summed E-state index contributed by atoms with van der Waals surface area (Å²) in [5.41, 5.74) is -0.0726. The van der Waals surface area contributed by atoms with Crippen LogP contribution in [0.1, 0.15) is 56.4 Å². The van der Waals surface area contributed by atoms with E-state index >= 15 is 0 Å². The maximum absolute atomic E-state index is 13.1. The average Bonchev–Trinajstić information content (AvgIpc) is 3.02. The van der Waals surface area contributed by atoms with Crippen molar-refractivity contribution in [2.75, 3.05) is 13.1 Å². The molecule has 0 spiro atoms. The molecule has 1 aliphatic heterocycles. The summed E-state index contributed by atoms with van der Waals surface area (Å²) >= 11 is 6.13. The normalized spacial score (nSPS) is 22.5. The maximum atomic E-state index is 13.1. The van der Waals surface area contributed by atoms with Gasteiger partial charge in [-0.25, -0.2) is 0 Å². The largest absolute Gasteiger partial charge is 0.389 e. The molecule has 22 heavy (non-hydrogen) atoms. The van der Waals surface area contributed by atoms with Crippen molar-refractivity contribution in [1.29, 1.82) is 0 Å². The fourth-order valence-corrected chi connectivity index (χ4v) is 4.14. The van der Waals surface area contributed by atoms with E-state index in [9.17, 15) is 9.90 Å². The van der Waals surface area contributed by atoms with Gasteiger partial charge in [0.2, 0.25) is 5.91 Å². The molecule has 1 saturated carbocycles. The third-order valence-corrected chi connectivity index (χ3v) is 5.34. The highest BCUT2D eigenvalue weighted by Crippen LogP contribution is 2.41. The van der Waals surface area contributed by atoms with Crippen molar-refractivity contribution in [1.82, 2.24) is 4.90 Å². The first kappa shape index (κ1) is 15.8. The molecule has 1 saturated heterocycles. The Hall–Kier alpha value is -1.06. The summed E-state index contributed by atoms with van der Waals surface area (Å²) in [5, 5.41) is 11.8. The average molecular weight is 322 g/mol. The molecule has 1 atom stereocenters. The summed E-state index contributed by atoms with van der Waals surface area (Å²) in [6, 6.07) is 7.45. The molecule has 1 aromatic rings. The number of carbonyl (C=O) groups is 1. The Morgan fingerprint density at radius 3 is 2.45 bits per heavy atom. The summed E-state index contributed by atoms with van der Waals surface area (Å²) < 4.78 is 0. The quantitative estimate of drug-likeness (QED) is 0.921. The molecule has 1 aliphatic carbocycles. The van der Waals surface area contributed by atoms with E-state index in [1.165, 1.54) is 0 Å². The zero-order valence-electron chi connectivity index (χ0n) is 12.9. The van der Waals surface area contributed by atoms with Gasteiger partial charge in [0.1, 0.15) is 0 Å². The first-order valence-corrected chi connectivity index (χ1v) is 8.75. The Labute approximate surface area is 137 Å². The van der Waals surface area contributed by atoms with Gasteiger partial charge in [0.25, 0.3) is 0 Å². The number of aliphatic hydroxyl groups is 1. The molecule has 0 radical (unpaired) electrons. The fraction of sp³-hybridized carbons (Fsp3) is 0.611. The van der Waals surface area contributed by atoms with E-state index in [0.29, 0.717) is 17.9 Å². The molecule has 120 valence electrons. The third-order valence-electron chi connectivity index (χ3n) is 5.10. The van der Waals surface area contributed by atoms with Crippen LogP contribution in [0.2, 0.25) is 5.02 Å². The van der Waals surface area contributed by atoms with Crippen LogP contribution >= 0.6 is 11.6 Å². The van der Waals surface area contributed by atoms with Gasteiger partial charge >= 0.3 is 0 Å². The molecule has 2 aliphatic rings. The zero-order chi connectivity index (χ0) is 15.6. The smallest absolute Gasteiger partial charge is 0.233 e. The van der Waals surface area contributed by atoms with Gasteiger partial charge < -0.3 is 10.0 Å². The van der Waals surface area contributed by atoms with Crippen molar-refractivity contribution in [2.45, 2.75) is 56.5 Å². The Kier molecular flexibility index (Phi) is 4.74. The van der Waals surface area contributed by atoms with Gasteiger partial charge in [0, 0.05) is 18.1 Å². The van der Waals surface area contributed by atoms with Crippen molar-refractivity contribution in [2.24, 2.45) is 0 Å². The second-order valence-corrected chi connectivity index (χ2v) is 7.12. The Morgan fingerprint density at radius 1 is 1.14 bits per heavy atom. The van der Waals surface area contributed by atoms with Gasteiger partial charge in [-0.1, -0.05) is 43.0 Å². The highest BCUT2D eigenvalue weighted by Gasteiger charge is 2.44. The number of rotatable bonds is 3. The van der Waals surface area contributed by atoms with Crippen molar-refractivity contribution in [3.8, 4) is 0 Å². The number of nitrogens with zero attached hydrogens (tertiary/aromatic N) is 1.